The first-order valence-electron chi connectivity index (χ1n) is 8.17. The Morgan fingerprint density at radius 3 is 2.83 bits per heavy atom. The molecule has 0 unspecified atom stereocenters. The SMILES string of the molecule is COC(=O)c1cnc(NC(=O)c2nc(-c3cccs3)n(-c3cccc(F)c3)n2)s1. The van der Waals surface area contributed by atoms with Gasteiger partial charge in [0.25, 0.3) is 5.91 Å². The molecule has 146 valence electrons. The molecule has 0 fully saturated rings. The van der Waals surface area contributed by atoms with Crippen molar-refractivity contribution < 1.29 is 18.7 Å². The number of ether oxygens (including phenoxy) is 1. The Labute approximate surface area is 171 Å². The number of carbonyl (C=O) groups excluding carboxylic acids is 2. The fraction of sp³-hybridized carbons (Fsp3) is 0.0556. The van der Waals surface area contributed by atoms with Crippen LogP contribution in [0.1, 0.15) is 20.3 Å². The first-order chi connectivity index (χ1) is 14.0. The molecule has 0 aliphatic heterocycles. The summed E-state index contributed by atoms with van der Waals surface area (Å²) in [7, 11) is 1.26. The standard InChI is InChI=1S/C18H12FN5O3S2/c1-27-17(26)13-9-20-18(29-13)22-16(25)14-21-15(12-6-3-7-28-12)24(23-14)11-5-2-4-10(19)8-11/h2-9H,1H3,(H,20,22,25). The van der Waals surface area contributed by atoms with Crippen LogP contribution in [0.25, 0.3) is 16.4 Å². The predicted molar refractivity (Wildman–Crippen MR) is 106 cm³/mol. The lowest BCUT2D eigenvalue weighted by atomic mass is 10.3. The van der Waals surface area contributed by atoms with Gasteiger partial charge in [0.1, 0.15) is 10.7 Å². The number of amides is 1. The molecule has 1 aromatic carbocycles. The fourth-order valence-electron chi connectivity index (χ4n) is 2.44. The van der Waals surface area contributed by atoms with Crippen LogP contribution in [0.5, 0.6) is 0 Å². The van der Waals surface area contributed by atoms with Gasteiger partial charge in [-0.05, 0) is 29.6 Å². The van der Waals surface area contributed by atoms with Gasteiger partial charge in [-0.2, -0.15) is 0 Å². The second-order valence-electron chi connectivity index (χ2n) is 5.60. The third-order valence-corrected chi connectivity index (χ3v) is 5.48. The zero-order valence-electron chi connectivity index (χ0n) is 14.8. The maximum Gasteiger partial charge on any atom is 0.349 e. The minimum absolute atomic E-state index is 0.118. The van der Waals surface area contributed by atoms with E-state index in [1.807, 2.05) is 17.5 Å². The van der Waals surface area contributed by atoms with Crippen LogP contribution in [-0.4, -0.2) is 38.7 Å². The van der Waals surface area contributed by atoms with Gasteiger partial charge in [-0.25, -0.2) is 23.8 Å². The number of carbonyl (C=O) groups is 2. The smallest absolute Gasteiger partial charge is 0.349 e. The lowest BCUT2D eigenvalue weighted by Gasteiger charge is -2.04. The van der Waals surface area contributed by atoms with Crippen molar-refractivity contribution in [2.24, 2.45) is 0 Å². The van der Waals surface area contributed by atoms with Gasteiger partial charge in [-0.15, -0.1) is 16.4 Å². The number of nitrogens with zero attached hydrogens (tertiary/aromatic N) is 4. The second kappa shape index (κ2) is 7.89. The van der Waals surface area contributed by atoms with Gasteiger partial charge in [0, 0.05) is 0 Å². The van der Waals surface area contributed by atoms with Crippen molar-refractivity contribution in [3.05, 3.63) is 64.5 Å². The summed E-state index contributed by atoms with van der Waals surface area (Å²) in [4.78, 5) is 33.5. The van der Waals surface area contributed by atoms with E-state index in [0.29, 0.717) is 11.5 Å². The summed E-state index contributed by atoms with van der Waals surface area (Å²) in [6.07, 6.45) is 1.31. The topological polar surface area (TPSA) is 99.0 Å². The highest BCUT2D eigenvalue weighted by Gasteiger charge is 2.21. The maximum absolute atomic E-state index is 13.7. The molecule has 0 bridgehead atoms. The van der Waals surface area contributed by atoms with Gasteiger partial charge >= 0.3 is 5.97 Å². The number of methoxy groups -OCH3 is 1. The summed E-state index contributed by atoms with van der Waals surface area (Å²) >= 11 is 2.38. The largest absolute Gasteiger partial charge is 0.465 e. The van der Waals surface area contributed by atoms with Gasteiger partial charge in [0.2, 0.25) is 5.82 Å². The van der Waals surface area contributed by atoms with E-state index >= 15 is 0 Å². The number of benzene rings is 1. The molecule has 1 amide bonds. The molecule has 0 spiro atoms. The molecule has 0 aliphatic carbocycles. The molecular weight excluding hydrogens is 417 g/mol. The second-order valence-corrected chi connectivity index (χ2v) is 7.58. The molecule has 0 saturated heterocycles. The van der Waals surface area contributed by atoms with Crippen LogP contribution in [0.4, 0.5) is 9.52 Å². The van der Waals surface area contributed by atoms with E-state index < -0.39 is 17.7 Å². The zero-order valence-corrected chi connectivity index (χ0v) is 16.5. The highest BCUT2D eigenvalue weighted by atomic mass is 32.1. The van der Waals surface area contributed by atoms with Gasteiger partial charge in [0.05, 0.1) is 23.9 Å². The van der Waals surface area contributed by atoms with Crippen LogP contribution in [0.15, 0.2) is 48.0 Å². The normalized spacial score (nSPS) is 10.7. The average molecular weight is 429 g/mol. The summed E-state index contributed by atoms with van der Waals surface area (Å²) < 4.78 is 19.7. The number of nitrogens with one attached hydrogen (secondary N) is 1. The number of esters is 1. The van der Waals surface area contributed by atoms with Crippen molar-refractivity contribution in [1.29, 1.82) is 0 Å². The van der Waals surface area contributed by atoms with Crippen LogP contribution < -0.4 is 5.32 Å². The molecule has 8 nitrogen and oxygen atoms in total. The minimum Gasteiger partial charge on any atom is -0.465 e. The molecular formula is C18H12FN5O3S2. The van der Waals surface area contributed by atoms with Gasteiger partial charge in [-0.3, -0.25) is 10.1 Å². The predicted octanol–water partition coefficient (Wildman–Crippen LogP) is 3.63. The molecule has 0 aliphatic rings. The molecule has 11 heteroatoms. The molecule has 4 rings (SSSR count). The third-order valence-electron chi connectivity index (χ3n) is 3.72. The maximum atomic E-state index is 13.7. The molecule has 29 heavy (non-hydrogen) atoms. The molecule has 4 aromatic rings. The summed E-state index contributed by atoms with van der Waals surface area (Å²) in [5.74, 6) is -1.29. The highest BCUT2D eigenvalue weighted by Crippen LogP contribution is 2.26. The Kier molecular flexibility index (Phi) is 5.14. The van der Waals surface area contributed by atoms with Crippen LogP contribution in [0.2, 0.25) is 0 Å². The number of hydrogen-bond donors (Lipinski definition) is 1. The quantitative estimate of drug-likeness (QED) is 0.487. The summed E-state index contributed by atoms with van der Waals surface area (Å²) in [5, 5.41) is 8.88. The van der Waals surface area contributed by atoms with Crippen molar-refractivity contribution in [1.82, 2.24) is 19.7 Å². The number of rotatable bonds is 5. The Balaban J connectivity index is 1.67. The van der Waals surface area contributed by atoms with Crippen molar-refractivity contribution in [3.8, 4) is 16.4 Å². The molecule has 0 radical (unpaired) electrons. The lowest BCUT2D eigenvalue weighted by molar-refractivity contribution is 0.0606. The minimum atomic E-state index is -0.608. The van der Waals surface area contributed by atoms with E-state index in [4.69, 9.17) is 0 Å². The van der Waals surface area contributed by atoms with E-state index in [1.165, 1.54) is 41.5 Å². The van der Waals surface area contributed by atoms with Crippen molar-refractivity contribution in [3.63, 3.8) is 0 Å². The monoisotopic (exact) mass is 429 g/mol. The van der Waals surface area contributed by atoms with Crippen LogP contribution in [-0.2, 0) is 4.74 Å². The Morgan fingerprint density at radius 2 is 2.10 bits per heavy atom. The number of thiophene rings is 1. The Bertz CT molecular complexity index is 1190. The summed E-state index contributed by atoms with van der Waals surface area (Å²) in [6, 6.07) is 9.51. The van der Waals surface area contributed by atoms with Gasteiger partial charge in [0.15, 0.2) is 11.0 Å². The van der Waals surface area contributed by atoms with Gasteiger partial charge < -0.3 is 4.74 Å². The molecule has 0 atom stereocenters. The lowest BCUT2D eigenvalue weighted by Crippen LogP contribution is -2.14. The third kappa shape index (κ3) is 3.91. The van der Waals surface area contributed by atoms with E-state index in [-0.39, 0.29) is 15.8 Å². The van der Waals surface area contributed by atoms with E-state index in [9.17, 15) is 14.0 Å². The van der Waals surface area contributed by atoms with Crippen molar-refractivity contribution in [2.75, 3.05) is 12.4 Å². The molecule has 0 saturated carbocycles. The summed E-state index contributed by atoms with van der Waals surface area (Å²) in [6.45, 7) is 0. The molecule has 3 aromatic heterocycles. The first-order valence-corrected chi connectivity index (χ1v) is 9.87. The molecule has 3 heterocycles. The van der Waals surface area contributed by atoms with Crippen LogP contribution in [0, 0.1) is 5.82 Å². The molecule has 1 N–H and O–H groups in total. The van der Waals surface area contributed by atoms with E-state index in [2.05, 4.69) is 25.1 Å². The number of thiazole rings is 1. The first kappa shape index (κ1) is 18.9. The highest BCUT2D eigenvalue weighted by molar-refractivity contribution is 7.17. The van der Waals surface area contributed by atoms with E-state index in [0.717, 1.165) is 16.2 Å². The average Bonchev–Trinajstić information content (AvgIpc) is 3.46. The van der Waals surface area contributed by atoms with Crippen LogP contribution in [0.3, 0.4) is 0 Å². The van der Waals surface area contributed by atoms with E-state index in [1.54, 1.807) is 12.1 Å². The zero-order chi connectivity index (χ0) is 20.4. The van der Waals surface area contributed by atoms with Gasteiger partial charge in [-0.1, -0.05) is 23.5 Å². The van der Waals surface area contributed by atoms with Crippen molar-refractivity contribution in [2.45, 2.75) is 0 Å². The van der Waals surface area contributed by atoms with Crippen molar-refractivity contribution >= 4 is 39.7 Å². The fourth-order valence-corrected chi connectivity index (χ4v) is 3.87. The Morgan fingerprint density at radius 1 is 1.24 bits per heavy atom. The Hall–Kier alpha value is -3.44. The number of halogens is 1. The van der Waals surface area contributed by atoms with Crippen LogP contribution >= 0.6 is 22.7 Å². The number of hydrogen-bond acceptors (Lipinski definition) is 8. The summed E-state index contributed by atoms with van der Waals surface area (Å²) in [5.41, 5.74) is 0.433. The number of anilines is 1. The number of aromatic nitrogens is 4.